The van der Waals surface area contributed by atoms with Crippen molar-refractivity contribution in [1.82, 2.24) is 9.80 Å². The van der Waals surface area contributed by atoms with Crippen LogP contribution in [0.3, 0.4) is 0 Å². The number of carbonyl (C=O) groups excluding carboxylic acids is 2. The van der Waals surface area contributed by atoms with E-state index >= 15 is 0 Å². The van der Waals surface area contributed by atoms with Gasteiger partial charge in [-0.05, 0) is 52.2 Å². The zero-order valence-electron chi connectivity index (χ0n) is 17.6. The maximum absolute atomic E-state index is 13.1. The van der Waals surface area contributed by atoms with Gasteiger partial charge in [0.25, 0.3) is 0 Å². The van der Waals surface area contributed by atoms with Crippen molar-refractivity contribution < 1.29 is 14.3 Å². The van der Waals surface area contributed by atoms with E-state index in [0.717, 1.165) is 26.2 Å². The van der Waals surface area contributed by atoms with Gasteiger partial charge in [0.2, 0.25) is 5.91 Å². The molecule has 6 heteroatoms. The van der Waals surface area contributed by atoms with Gasteiger partial charge >= 0.3 is 5.97 Å². The first kappa shape index (κ1) is 23.1. The van der Waals surface area contributed by atoms with Gasteiger partial charge in [-0.25, -0.2) is 4.79 Å². The lowest BCUT2D eigenvalue weighted by Crippen LogP contribution is -2.50. The largest absolute Gasteiger partial charge is 0.459 e. The van der Waals surface area contributed by atoms with Crippen LogP contribution in [-0.4, -0.2) is 66.5 Å². The van der Waals surface area contributed by atoms with E-state index in [1.807, 2.05) is 0 Å². The van der Waals surface area contributed by atoms with Gasteiger partial charge in [-0.15, -0.1) is 0 Å². The van der Waals surface area contributed by atoms with Crippen LogP contribution in [-0.2, 0) is 9.53 Å². The van der Waals surface area contributed by atoms with E-state index in [4.69, 9.17) is 4.74 Å². The number of rotatable bonds is 11. The zero-order valence-corrected chi connectivity index (χ0v) is 17.6. The van der Waals surface area contributed by atoms with Crippen molar-refractivity contribution in [1.29, 1.82) is 0 Å². The topological polar surface area (TPSA) is 61.9 Å². The fourth-order valence-corrected chi connectivity index (χ4v) is 3.02. The number of hydrogen-bond acceptors (Lipinski definition) is 5. The monoisotopic (exact) mass is 377 g/mol. The second kappa shape index (κ2) is 11.7. The van der Waals surface area contributed by atoms with E-state index in [1.165, 1.54) is 0 Å². The standard InChI is InChI=1S/C21H35N3O3/c1-7-23(8-2)15-19(24(9-3)10-4)20(25)22-18-14-12-11-13-17(18)21(26)27-16(5)6/h11-14,16,19H,7-10,15H2,1-6H3,(H,22,25). The van der Waals surface area contributed by atoms with Crippen LogP contribution >= 0.6 is 0 Å². The predicted octanol–water partition coefficient (Wildman–Crippen LogP) is 3.24. The number of carbonyl (C=O) groups is 2. The first-order chi connectivity index (χ1) is 12.9. The summed E-state index contributed by atoms with van der Waals surface area (Å²) in [6.45, 7) is 15.9. The van der Waals surface area contributed by atoms with Crippen LogP contribution < -0.4 is 5.32 Å². The fourth-order valence-electron chi connectivity index (χ4n) is 3.02. The molecule has 6 nitrogen and oxygen atoms in total. The third-order valence-corrected chi connectivity index (χ3v) is 4.63. The van der Waals surface area contributed by atoms with Crippen molar-refractivity contribution in [3.8, 4) is 0 Å². The molecular weight excluding hydrogens is 342 g/mol. The van der Waals surface area contributed by atoms with Crippen molar-refractivity contribution in [3.05, 3.63) is 29.8 Å². The molecule has 0 aliphatic carbocycles. The van der Waals surface area contributed by atoms with Crippen LogP contribution in [0, 0.1) is 0 Å². The number of anilines is 1. The van der Waals surface area contributed by atoms with E-state index in [9.17, 15) is 9.59 Å². The third kappa shape index (κ3) is 6.96. The molecule has 1 unspecified atom stereocenters. The smallest absolute Gasteiger partial charge is 0.340 e. The zero-order chi connectivity index (χ0) is 20.4. The number of ether oxygens (including phenoxy) is 1. The molecule has 1 rings (SSSR count). The van der Waals surface area contributed by atoms with Gasteiger partial charge in [0.15, 0.2) is 0 Å². The summed E-state index contributed by atoms with van der Waals surface area (Å²) < 4.78 is 5.30. The molecule has 1 amide bonds. The third-order valence-electron chi connectivity index (χ3n) is 4.63. The van der Waals surface area contributed by atoms with Crippen LogP contribution in [0.15, 0.2) is 24.3 Å². The molecule has 0 spiro atoms. The maximum Gasteiger partial charge on any atom is 0.340 e. The number of nitrogens with one attached hydrogen (secondary N) is 1. The number of para-hydroxylation sites is 1. The van der Waals surface area contributed by atoms with Crippen LogP contribution in [0.1, 0.15) is 51.9 Å². The molecule has 1 aromatic carbocycles. The minimum atomic E-state index is -0.427. The van der Waals surface area contributed by atoms with Crippen LogP contribution in [0.5, 0.6) is 0 Å². The molecule has 0 aliphatic rings. The lowest BCUT2D eigenvalue weighted by Gasteiger charge is -2.32. The Balaban J connectivity index is 3.06. The van der Waals surface area contributed by atoms with Crippen LogP contribution in [0.25, 0.3) is 0 Å². The number of likely N-dealkylation sites (N-methyl/N-ethyl adjacent to an activating group) is 2. The predicted molar refractivity (Wildman–Crippen MR) is 110 cm³/mol. The minimum absolute atomic E-state index is 0.101. The van der Waals surface area contributed by atoms with Crippen molar-refractivity contribution in [2.45, 2.75) is 53.7 Å². The van der Waals surface area contributed by atoms with Gasteiger partial charge in [0.05, 0.1) is 17.4 Å². The fraction of sp³-hybridized carbons (Fsp3) is 0.619. The Hall–Kier alpha value is -1.92. The van der Waals surface area contributed by atoms with Gasteiger partial charge < -0.3 is 15.0 Å². The number of hydrogen-bond donors (Lipinski definition) is 1. The van der Waals surface area contributed by atoms with Crippen molar-refractivity contribution in [3.63, 3.8) is 0 Å². The summed E-state index contributed by atoms with van der Waals surface area (Å²) in [6, 6.07) is 6.71. The average molecular weight is 378 g/mol. The molecule has 0 saturated carbocycles. The van der Waals surface area contributed by atoms with Crippen LogP contribution in [0.2, 0.25) is 0 Å². The summed E-state index contributed by atoms with van der Waals surface area (Å²) in [5.41, 5.74) is 0.866. The highest BCUT2D eigenvalue weighted by molar-refractivity contribution is 6.02. The number of benzene rings is 1. The Bertz CT molecular complexity index is 596. The molecule has 0 heterocycles. The van der Waals surface area contributed by atoms with Crippen LogP contribution in [0.4, 0.5) is 5.69 Å². The Morgan fingerprint density at radius 1 is 1.00 bits per heavy atom. The van der Waals surface area contributed by atoms with Gasteiger partial charge in [-0.3, -0.25) is 9.69 Å². The molecule has 1 N–H and O–H groups in total. The number of amides is 1. The number of esters is 1. The van der Waals surface area contributed by atoms with Gasteiger partial charge in [0, 0.05) is 6.54 Å². The highest BCUT2D eigenvalue weighted by atomic mass is 16.5. The molecule has 0 aromatic heterocycles. The summed E-state index contributed by atoms with van der Waals surface area (Å²) in [6.07, 6.45) is -0.215. The van der Waals surface area contributed by atoms with E-state index < -0.39 is 5.97 Å². The summed E-state index contributed by atoms with van der Waals surface area (Å²) in [4.78, 5) is 29.8. The summed E-state index contributed by atoms with van der Waals surface area (Å²) >= 11 is 0. The Labute approximate surface area is 163 Å². The second-order valence-electron chi connectivity index (χ2n) is 6.71. The summed E-state index contributed by atoms with van der Waals surface area (Å²) in [5, 5.41) is 2.96. The molecular formula is C21H35N3O3. The molecule has 27 heavy (non-hydrogen) atoms. The van der Waals surface area contributed by atoms with E-state index in [0.29, 0.717) is 17.8 Å². The van der Waals surface area contributed by atoms with Crippen molar-refractivity contribution >= 4 is 17.6 Å². The Kier molecular flexibility index (Phi) is 10.0. The summed E-state index contributed by atoms with van der Waals surface area (Å²) in [5.74, 6) is -0.528. The highest BCUT2D eigenvalue weighted by Gasteiger charge is 2.27. The molecule has 0 radical (unpaired) electrons. The molecule has 0 saturated heterocycles. The molecule has 1 atom stereocenters. The Morgan fingerprint density at radius 3 is 2.11 bits per heavy atom. The van der Waals surface area contributed by atoms with E-state index in [1.54, 1.807) is 38.1 Å². The van der Waals surface area contributed by atoms with Gasteiger partial charge in [-0.2, -0.15) is 0 Å². The first-order valence-corrected chi connectivity index (χ1v) is 9.94. The van der Waals surface area contributed by atoms with E-state index in [-0.39, 0.29) is 18.1 Å². The maximum atomic E-state index is 13.1. The first-order valence-electron chi connectivity index (χ1n) is 9.94. The average Bonchev–Trinajstić information content (AvgIpc) is 2.65. The van der Waals surface area contributed by atoms with Gasteiger partial charge in [-0.1, -0.05) is 39.8 Å². The van der Waals surface area contributed by atoms with E-state index in [2.05, 4.69) is 42.8 Å². The molecule has 0 bridgehead atoms. The lowest BCUT2D eigenvalue weighted by molar-refractivity contribution is -0.121. The lowest BCUT2D eigenvalue weighted by atomic mass is 10.1. The van der Waals surface area contributed by atoms with Crippen molar-refractivity contribution in [2.24, 2.45) is 0 Å². The Morgan fingerprint density at radius 2 is 1.59 bits per heavy atom. The summed E-state index contributed by atoms with van der Waals surface area (Å²) in [7, 11) is 0. The second-order valence-corrected chi connectivity index (χ2v) is 6.71. The normalized spacial score (nSPS) is 12.5. The van der Waals surface area contributed by atoms with Crippen molar-refractivity contribution in [2.75, 3.05) is 38.0 Å². The highest BCUT2D eigenvalue weighted by Crippen LogP contribution is 2.18. The molecule has 0 fully saturated rings. The SMILES string of the molecule is CCN(CC)CC(C(=O)Nc1ccccc1C(=O)OC(C)C)N(CC)CC. The quantitative estimate of drug-likeness (QED) is 0.600. The molecule has 1 aromatic rings. The number of nitrogens with zero attached hydrogens (tertiary/aromatic N) is 2. The minimum Gasteiger partial charge on any atom is -0.459 e. The van der Waals surface area contributed by atoms with Gasteiger partial charge in [0.1, 0.15) is 6.04 Å². The molecule has 152 valence electrons. The molecule has 0 aliphatic heterocycles.